The maximum absolute atomic E-state index is 12.8. The van der Waals surface area contributed by atoms with E-state index < -0.39 is 6.04 Å². The van der Waals surface area contributed by atoms with Crippen molar-refractivity contribution in [3.63, 3.8) is 0 Å². The van der Waals surface area contributed by atoms with Gasteiger partial charge in [0.05, 0.1) is 0 Å². The number of hydrogen-bond donors (Lipinski definition) is 1. The number of nitrogens with one attached hydrogen (secondary N) is 1. The lowest BCUT2D eigenvalue weighted by Gasteiger charge is -2.39. The molecule has 1 aliphatic carbocycles. The molecule has 3 rings (SSSR count). The van der Waals surface area contributed by atoms with Gasteiger partial charge in [0, 0.05) is 24.6 Å². The molecule has 1 aliphatic heterocycles. The second-order valence-electron chi connectivity index (χ2n) is 7.26. The summed E-state index contributed by atoms with van der Waals surface area (Å²) in [5.41, 5.74) is 0.251. The third-order valence-corrected chi connectivity index (χ3v) is 5.12. The normalized spacial score (nSPS) is 22.9. The molecule has 2 aliphatic rings. The summed E-state index contributed by atoms with van der Waals surface area (Å²) < 4.78 is 5.17. The molecule has 2 amide bonds. The van der Waals surface area contributed by atoms with Crippen LogP contribution < -0.4 is 5.32 Å². The number of aromatic nitrogens is 1. The van der Waals surface area contributed by atoms with E-state index in [0.717, 1.165) is 25.8 Å². The molecule has 132 valence electrons. The highest BCUT2D eigenvalue weighted by molar-refractivity contribution is 5.96. The Kier molecular flexibility index (Phi) is 5.21. The third kappa shape index (κ3) is 3.62. The van der Waals surface area contributed by atoms with Gasteiger partial charge in [-0.1, -0.05) is 38.3 Å². The number of rotatable bonds is 4. The quantitative estimate of drug-likeness (QED) is 0.919. The van der Waals surface area contributed by atoms with Crippen LogP contribution in [0.5, 0.6) is 0 Å². The Morgan fingerprint density at radius 1 is 1.25 bits per heavy atom. The van der Waals surface area contributed by atoms with Gasteiger partial charge in [0.25, 0.3) is 5.91 Å². The smallest absolute Gasteiger partial charge is 0.274 e. The van der Waals surface area contributed by atoms with Crippen molar-refractivity contribution < 1.29 is 14.1 Å². The predicted octanol–water partition coefficient (Wildman–Crippen LogP) is 2.85. The average Bonchev–Trinajstić information content (AvgIpc) is 3.08. The first-order valence-electron chi connectivity index (χ1n) is 9.14. The van der Waals surface area contributed by atoms with Crippen LogP contribution in [-0.4, -0.2) is 40.5 Å². The first kappa shape index (κ1) is 17.0. The van der Waals surface area contributed by atoms with Crippen molar-refractivity contribution in [1.29, 1.82) is 0 Å². The molecule has 2 fully saturated rings. The third-order valence-electron chi connectivity index (χ3n) is 5.12. The van der Waals surface area contributed by atoms with Crippen LogP contribution in [-0.2, 0) is 4.79 Å². The molecule has 1 N–H and O–H groups in total. The molecule has 1 aromatic heterocycles. The van der Waals surface area contributed by atoms with Crippen LogP contribution in [0.3, 0.4) is 0 Å². The van der Waals surface area contributed by atoms with E-state index in [2.05, 4.69) is 10.5 Å². The Morgan fingerprint density at radius 2 is 2.00 bits per heavy atom. The lowest BCUT2D eigenvalue weighted by atomic mass is 9.91. The van der Waals surface area contributed by atoms with Gasteiger partial charge in [0.15, 0.2) is 5.69 Å². The molecule has 0 bridgehead atoms. The largest absolute Gasteiger partial charge is 0.360 e. The van der Waals surface area contributed by atoms with Crippen LogP contribution in [0.15, 0.2) is 10.6 Å². The van der Waals surface area contributed by atoms with Gasteiger partial charge in [0.2, 0.25) is 5.91 Å². The van der Waals surface area contributed by atoms with Gasteiger partial charge in [-0.15, -0.1) is 0 Å². The topological polar surface area (TPSA) is 75.4 Å². The zero-order valence-electron chi connectivity index (χ0n) is 14.6. The summed E-state index contributed by atoms with van der Waals surface area (Å²) in [6, 6.07) is 1.57. The van der Waals surface area contributed by atoms with Crippen molar-refractivity contribution in [3.8, 4) is 0 Å². The van der Waals surface area contributed by atoms with E-state index in [0.29, 0.717) is 18.2 Å². The highest BCUT2D eigenvalue weighted by atomic mass is 16.5. The lowest BCUT2D eigenvalue weighted by molar-refractivity contribution is -0.139. The first-order chi connectivity index (χ1) is 11.6. The summed E-state index contributed by atoms with van der Waals surface area (Å²) in [4.78, 5) is 27.1. The molecular weight excluding hydrogens is 306 g/mol. The van der Waals surface area contributed by atoms with Crippen molar-refractivity contribution >= 4 is 11.8 Å². The van der Waals surface area contributed by atoms with Gasteiger partial charge in [0.1, 0.15) is 11.8 Å². The zero-order valence-corrected chi connectivity index (χ0v) is 14.6. The minimum Gasteiger partial charge on any atom is -0.360 e. The Balaban J connectivity index is 1.63. The van der Waals surface area contributed by atoms with Crippen molar-refractivity contribution in [2.75, 3.05) is 6.54 Å². The molecule has 0 spiro atoms. The zero-order chi connectivity index (χ0) is 17.1. The van der Waals surface area contributed by atoms with Crippen molar-refractivity contribution in [3.05, 3.63) is 17.5 Å². The number of hydrogen-bond acceptors (Lipinski definition) is 4. The Labute approximate surface area is 142 Å². The number of piperidine rings is 1. The molecule has 6 nitrogen and oxygen atoms in total. The van der Waals surface area contributed by atoms with Gasteiger partial charge >= 0.3 is 0 Å². The Hall–Kier alpha value is -1.85. The summed E-state index contributed by atoms with van der Waals surface area (Å²) in [6.07, 6.45) is 7.47. The summed E-state index contributed by atoms with van der Waals surface area (Å²) >= 11 is 0. The predicted molar refractivity (Wildman–Crippen MR) is 89.7 cm³/mol. The molecule has 0 aromatic carbocycles. The fourth-order valence-corrected chi connectivity index (χ4v) is 3.69. The van der Waals surface area contributed by atoms with Crippen LogP contribution in [0.4, 0.5) is 0 Å². The minimum atomic E-state index is -0.438. The molecule has 0 radical (unpaired) electrons. The molecular formula is C18H27N3O3. The minimum absolute atomic E-state index is 0.0640. The van der Waals surface area contributed by atoms with Crippen LogP contribution in [0.1, 0.15) is 81.0 Å². The monoisotopic (exact) mass is 333 g/mol. The summed E-state index contributed by atoms with van der Waals surface area (Å²) in [5.74, 6) is 0.597. The first-order valence-corrected chi connectivity index (χ1v) is 9.14. The van der Waals surface area contributed by atoms with E-state index in [1.807, 2.05) is 18.7 Å². The van der Waals surface area contributed by atoms with E-state index in [4.69, 9.17) is 4.52 Å². The van der Waals surface area contributed by atoms with E-state index >= 15 is 0 Å². The lowest BCUT2D eigenvalue weighted by Crippen LogP contribution is -2.55. The van der Waals surface area contributed by atoms with E-state index in [-0.39, 0.29) is 23.4 Å². The molecule has 2 heterocycles. The fraction of sp³-hybridized carbons (Fsp3) is 0.722. The van der Waals surface area contributed by atoms with Crippen molar-refractivity contribution in [2.45, 2.75) is 76.8 Å². The SMILES string of the molecule is CC(C)c1cc(C(=O)NC2CCCN(C3CCCCC3)C2=O)no1. The molecule has 6 heteroatoms. The molecule has 1 aromatic rings. The van der Waals surface area contributed by atoms with Crippen LogP contribution in [0.25, 0.3) is 0 Å². The molecule has 24 heavy (non-hydrogen) atoms. The van der Waals surface area contributed by atoms with Crippen molar-refractivity contribution in [2.24, 2.45) is 0 Å². The number of likely N-dealkylation sites (tertiary alicyclic amines) is 1. The molecule has 1 atom stereocenters. The summed E-state index contributed by atoms with van der Waals surface area (Å²) in [6.45, 7) is 4.78. The fourth-order valence-electron chi connectivity index (χ4n) is 3.69. The van der Waals surface area contributed by atoms with E-state index in [9.17, 15) is 9.59 Å². The van der Waals surface area contributed by atoms with Gasteiger partial charge in [-0.2, -0.15) is 0 Å². The average molecular weight is 333 g/mol. The van der Waals surface area contributed by atoms with E-state index in [1.54, 1.807) is 6.07 Å². The van der Waals surface area contributed by atoms with Crippen LogP contribution in [0, 0.1) is 0 Å². The van der Waals surface area contributed by atoms with Crippen molar-refractivity contribution in [1.82, 2.24) is 15.4 Å². The van der Waals surface area contributed by atoms with Crippen LogP contribution in [0.2, 0.25) is 0 Å². The van der Waals surface area contributed by atoms with Gasteiger partial charge in [-0.25, -0.2) is 0 Å². The Morgan fingerprint density at radius 3 is 2.67 bits per heavy atom. The molecule has 1 saturated heterocycles. The Bertz CT molecular complexity index is 590. The second kappa shape index (κ2) is 7.36. The summed E-state index contributed by atoms with van der Waals surface area (Å²) in [5, 5.41) is 6.68. The number of nitrogens with zero attached hydrogens (tertiary/aromatic N) is 2. The van der Waals surface area contributed by atoms with Gasteiger partial charge < -0.3 is 14.7 Å². The summed E-state index contributed by atoms with van der Waals surface area (Å²) in [7, 11) is 0. The maximum Gasteiger partial charge on any atom is 0.274 e. The molecule has 1 saturated carbocycles. The highest BCUT2D eigenvalue weighted by Crippen LogP contribution is 2.26. The van der Waals surface area contributed by atoms with E-state index in [1.165, 1.54) is 19.3 Å². The highest BCUT2D eigenvalue weighted by Gasteiger charge is 2.34. The van der Waals surface area contributed by atoms with Crippen LogP contribution >= 0.6 is 0 Å². The number of carbonyl (C=O) groups is 2. The maximum atomic E-state index is 12.8. The number of carbonyl (C=O) groups excluding carboxylic acids is 2. The van der Waals surface area contributed by atoms with Gasteiger partial charge in [-0.05, 0) is 25.7 Å². The second-order valence-corrected chi connectivity index (χ2v) is 7.26. The standard InChI is InChI=1S/C18H27N3O3/c1-12(2)16-11-15(20-24-16)17(22)19-14-9-6-10-21(18(14)23)13-7-4-3-5-8-13/h11-14H,3-10H2,1-2H3,(H,19,22). The number of amides is 2. The molecule has 1 unspecified atom stereocenters. The van der Waals surface area contributed by atoms with Gasteiger partial charge in [-0.3, -0.25) is 9.59 Å².